The molecule has 0 aromatic carbocycles. The van der Waals surface area contributed by atoms with E-state index in [0.717, 1.165) is 32.0 Å². The highest BCUT2D eigenvalue weighted by molar-refractivity contribution is 5.67. The number of rotatable bonds is 8. The zero-order chi connectivity index (χ0) is 14.9. The van der Waals surface area contributed by atoms with E-state index in [4.69, 9.17) is 4.74 Å². The highest BCUT2D eigenvalue weighted by Gasteiger charge is 2.18. The van der Waals surface area contributed by atoms with E-state index in [9.17, 15) is 4.79 Å². The van der Waals surface area contributed by atoms with Crippen LogP contribution in [-0.2, 0) is 4.74 Å². The average Bonchev–Trinajstić information content (AvgIpc) is 2.31. The van der Waals surface area contributed by atoms with Crippen LogP contribution in [0, 0.1) is 5.92 Å². The van der Waals surface area contributed by atoms with Gasteiger partial charge in [-0.15, -0.1) is 0 Å². The first-order chi connectivity index (χ1) is 8.80. The Bertz CT molecular complexity index is 245. The molecule has 0 aliphatic carbocycles. The van der Waals surface area contributed by atoms with E-state index in [1.54, 1.807) is 11.9 Å². The lowest BCUT2D eigenvalue weighted by Gasteiger charge is -2.24. The van der Waals surface area contributed by atoms with Gasteiger partial charge in [-0.1, -0.05) is 26.7 Å². The van der Waals surface area contributed by atoms with Gasteiger partial charge in [0.2, 0.25) is 0 Å². The quantitative estimate of drug-likeness (QED) is 0.690. The molecule has 19 heavy (non-hydrogen) atoms. The molecule has 0 unspecified atom stereocenters. The fourth-order valence-electron chi connectivity index (χ4n) is 1.76. The maximum Gasteiger partial charge on any atom is 0.410 e. The fourth-order valence-corrected chi connectivity index (χ4v) is 1.76. The third kappa shape index (κ3) is 9.77. The Morgan fingerprint density at radius 2 is 1.84 bits per heavy atom. The van der Waals surface area contributed by atoms with Gasteiger partial charge in [0.1, 0.15) is 5.60 Å². The molecule has 0 bridgehead atoms. The Balaban J connectivity index is 3.69. The van der Waals surface area contributed by atoms with Crippen molar-refractivity contribution in [2.24, 2.45) is 5.92 Å². The van der Waals surface area contributed by atoms with Crippen molar-refractivity contribution in [3.05, 3.63) is 0 Å². The minimum absolute atomic E-state index is 0.243. The van der Waals surface area contributed by atoms with Crippen LogP contribution in [0.3, 0.4) is 0 Å². The zero-order valence-electron chi connectivity index (χ0n) is 13.6. The maximum atomic E-state index is 11.7. The van der Waals surface area contributed by atoms with Crippen LogP contribution in [0.15, 0.2) is 0 Å². The summed E-state index contributed by atoms with van der Waals surface area (Å²) in [6.45, 7) is 12.9. The molecule has 0 heterocycles. The summed E-state index contributed by atoms with van der Waals surface area (Å²) in [4.78, 5) is 13.3. The first-order valence-corrected chi connectivity index (χ1v) is 7.45. The average molecular weight is 272 g/mol. The van der Waals surface area contributed by atoms with Crippen LogP contribution < -0.4 is 5.32 Å². The Hall–Kier alpha value is -0.770. The van der Waals surface area contributed by atoms with E-state index < -0.39 is 5.60 Å². The summed E-state index contributed by atoms with van der Waals surface area (Å²) in [5, 5.41) is 3.45. The molecule has 0 fully saturated rings. The summed E-state index contributed by atoms with van der Waals surface area (Å²) in [5.74, 6) is 0.767. The van der Waals surface area contributed by atoms with Crippen LogP contribution in [0.2, 0.25) is 0 Å². The van der Waals surface area contributed by atoms with Crippen molar-refractivity contribution in [2.45, 2.75) is 59.5 Å². The largest absolute Gasteiger partial charge is 0.444 e. The fraction of sp³-hybridized carbons (Fsp3) is 0.933. The molecule has 0 saturated heterocycles. The van der Waals surface area contributed by atoms with Crippen LogP contribution in [0.1, 0.15) is 53.9 Å². The van der Waals surface area contributed by atoms with Crippen LogP contribution in [0.5, 0.6) is 0 Å². The number of carbonyl (C=O) groups excluding carboxylic acids is 1. The zero-order valence-corrected chi connectivity index (χ0v) is 13.6. The second-order valence-corrected chi connectivity index (χ2v) is 6.14. The van der Waals surface area contributed by atoms with Crippen molar-refractivity contribution in [1.29, 1.82) is 0 Å². The number of hydrogen-bond donors (Lipinski definition) is 1. The predicted octanol–water partition coefficient (Wildman–Crippen LogP) is 3.27. The van der Waals surface area contributed by atoms with E-state index in [0.29, 0.717) is 0 Å². The molecule has 4 heteroatoms. The Morgan fingerprint density at radius 1 is 1.26 bits per heavy atom. The number of ether oxygens (including phenoxy) is 1. The molecule has 1 N–H and O–H groups in total. The number of carbonyl (C=O) groups is 1. The van der Waals surface area contributed by atoms with Crippen molar-refractivity contribution < 1.29 is 9.53 Å². The molecule has 114 valence electrons. The molecule has 0 aromatic heterocycles. The monoisotopic (exact) mass is 272 g/mol. The lowest BCUT2D eigenvalue weighted by Crippen LogP contribution is -2.35. The smallest absolute Gasteiger partial charge is 0.410 e. The molecule has 0 radical (unpaired) electrons. The predicted molar refractivity (Wildman–Crippen MR) is 80.4 cm³/mol. The first kappa shape index (κ1) is 18.2. The van der Waals surface area contributed by atoms with E-state index >= 15 is 0 Å². The van der Waals surface area contributed by atoms with Gasteiger partial charge >= 0.3 is 6.09 Å². The van der Waals surface area contributed by atoms with Crippen molar-refractivity contribution >= 4 is 6.09 Å². The lowest BCUT2D eigenvalue weighted by molar-refractivity contribution is 0.0297. The van der Waals surface area contributed by atoms with Gasteiger partial charge < -0.3 is 15.0 Å². The number of nitrogens with zero attached hydrogens (tertiary/aromatic N) is 1. The summed E-state index contributed by atoms with van der Waals surface area (Å²) >= 11 is 0. The van der Waals surface area contributed by atoms with Gasteiger partial charge in [0.05, 0.1) is 0 Å². The van der Waals surface area contributed by atoms with Crippen molar-refractivity contribution in [3.63, 3.8) is 0 Å². The van der Waals surface area contributed by atoms with Crippen LogP contribution >= 0.6 is 0 Å². The summed E-state index contributed by atoms with van der Waals surface area (Å²) < 4.78 is 5.30. The number of amides is 1. The van der Waals surface area contributed by atoms with Crippen LogP contribution in [0.4, 0.5) is 4.79 Å². The molecular formula is C15H32N2O2. The molecule has 1 amide bonds. The highest BCUT2D eigenvalue weighted by atomic mass is 16.6. The standard InChI is InChI=1S/C15H32N2O2/c1-7-13(8-2)12-16-10-9-11-17(6)14(18)19-15(3,4)5/h13,16H,7-12H2,1-6H3. The molecule has 0 atom stereocenters. The second-order valence-electron chi connectivity index (χ2n) is 6.14. The Labute approximate surface area is 118 Å². The molecule has 0 aromatic rings. The topological polar surface area (TPSA) is 41.6 Å². The second kappa shape index (κ2) is 9.18. The first-order valence-electron chi connectivity index (χ1n) is 7.45. The normalized spacial score (nSPS) is 11.7. The maximum absolute atomic E-state index is 11.7. The van der Waals surface area contributed by atoms with Gasteiger partial charge in [-0.2, -0.15) is 0 Å². The van der Waals surface area contributed by atoms with Crippen molar-refractivity contribution in [2.75, 3.05) is 26.7 Å². The van der Waals surface area contributed by atoms with Crippen molar-refractivity contribution in [3.8, 4) is 0 Å². The molecule has 0 aliphatic heterocycles. The van der Waals surface area contributed by atoms with E-state index in [2.05, 4.69) is 19.2 Å². The lowest BCUT2D eigenvalue weighted by atomic mass is 10.0. The highest BCUT2D eigenvalue weighted by Crippen LogP contribution is 2.09. The number of nitrogens with one attached hydrogen (secondary N) is 1. The van der Waals surface area contributed by atoms with Gasteiger partial charge in [0.25, 0.3) is 0 Å². The Morgan fingerprint density at radius 3 is 2.32 bits per heavy atom. The Kier molecular flexibility index (Phi) is 8.81. The summed E-state index contributed by atoms with van der Waals surface area (Å²) in [5.41, 5.74) is -0.418. The van der Waals surface area contributed by atoms with Gasteiger partial charge in [0.15, 0.2) is 0 Å². The van der Waals surface area contributed by atoms with Crippen LogP contribution in [-0.4, -0.2) is 43.3 Å². The van der Waals surface area contributed by atoms with Gasteiger partial charge in [-0.25, -0.2) is 4.79 Å². The van der Waals surface area contributed by atoms with E-state index in [-0.39, 0.29) is 6.09 Å². The van der Waals surface area contributed by atoms with E-state index in [1.165, 1.54) is 12.8 Å². The number of hydrogen-bond acceptors (Lipinski definition) is 3. The third-order valence-electron chi connectivity index (χ3n) is 3.14. The van der Waals surface area contributed by atoms with E-state index in [1.807, 2.05) is 20.8 Å². The van der Waals surface area contributed by atoms with Crippen LogP contribution in [0.25, 0.3) is 0 Å². The van der Waals surface area contributed by atoms with Gasteiger partial charge in [-0.05, 0) is 46.2 Å². The van der Waals surface area contributed by atoms with Crippen molar-refractivity contribution in [1.82, 2.24) is 10.2 Å². The SMILES string of the molecule is CCC(CC)CNCCCN(C)C(=O)OC(C)(C)C. The molecule has 0 aliphatic rings. The summed E-state index contributed by atoms with van der Waals surface area (Å²) in [6.07, 6.45) is 3.16. The molecular weight excluding hydrogens is 240 g/mol. The molecule has 0 spiro atoms. The molecule has 0 rings (SSSR count). The van der Waals surface area contributed by atoms with Gasteiger partial charge in [0, 0.05) is 13.6 Å². The summed E-state index contributed by atoms with van der Waals surface area (Å²) in [7, 11) is 1.79. The molecule has 0 saturated carbocycles. The molecule has 4 nitrogen and oxygen atoms in total. The summed E-state index contributed by atoms with van der Waals surface area (Å²) in [6, 6.07) is 0. The minimum atomic E-state index is -0.418. The van der Waals surface area contributed by atoms with Gasteiger partial charge in [-0.3, -0.25) is 0 Å². The minimum Gasteiger partial charge on any atom is -0.444 e. The third-order valence-corrected chi connectivity index (χ3v) is 3.14.